The number of hydrogen-bond acceptors (Lipinski definition) is 5. The van der Waals surface area contributed by atoms with Crippen LogP contribution in [0.5, 0.6) is 0 Å². The summed E-state index contributed by atoms with van der Waals surface area (Å²) in [6.45, 7) is 6.19. The number of pyridine rings is 1. The number of carbonyl (C=O) groups is 1. The Bertz CT molecular complexity index is 970. The molecule has 0 spiro atoms. The minimum Gasteiger partial charge on any atom is -0.460 e. The summed E-state index contributed by atoms with van der Waals surface area (Å²) in [5.74, 6) is -0.0648. The van der Waals surface area contributed by atoms with Gasteiger partial charge in [-0.3, -0.25) is 4.98 Å². The van der Waals surface area contributed by atoms with Gasteiger partial charge in [-0.1, -0.05) is 50.6 Å². The van der Waals surface area contributed by atoms with Gasteiger partial charge in [0, 0.05) is 17.7 Å². The molecule has 2 N–H and O–H groups in total. The average molecular weight is 422 g/mol. The molecule has 0 radical (unpaired) electrons. The van der Waals surface area contributed by atoms with E-state index in [2.05, 4.69) is 24.9 Å². The first-order chi connectivity index (χ1) is 14.9. The van der Waals surface area contributed by atoms with Crippen LogP contribution in [0.2, 0.25) is 0 Å². The standard InChI is InChI=1S/C26H31NO4/c1-4-22-16(2)13-26(30)24(17(3)31-25(26)29)23(22)11-10-21-9-8-20(14-27-21)19-7-5-6-18(12-19)15-28/h5-12,14,16-17,22-24,28,30H,4,13,15H2,1-3H3/b11-10+. The Morgan fingerprint density at radius 2 is 2.03 bits per heavy atom. The van der Waals surface area contributed by atoms with Gasteiger partial charge in [0.15, 0.2) is 5.60 Å². The largest absolute Gasteiger partial charge is 0.460 e. The number of benzene rings is 1. The fourth-order valence-electron chi connectivity index (χ4n) is 5.68. The summed E-state index contributed by atoms with van der Waals surface area (Å²) in [6, 6.07) is 11.8. The van der Waals surface area contributed by atoms with Crippen molar-refractivity contribution in [2.75, 3.05) is 0 Å². The fourth-order valence-corrected chi connectivity index (χ4v) is 5.68. The molecule has 5 nitrogen and oxygen atoms in total. The first-order valence-corrected chi connectivity index (χ1v) is 11.1. The predicted octanol–water partition coefficient (Wildman–Crippen LogP) is 4.23. The Labute approximate surface area is 183 Å². The van der Waals surface area contributed by atoms with E-state index < -0.39 is 11.6 Å². The molecule has 2 aliphatic rings. The maximum absolute atomic E-state index is 12.4. The molecular formula is C26H31NO4. The quantitative estimate of drug-likeness (QED) is 0.707. The van der Waals surface area contributed by atoms with Gasteiger partial charge in [-0.15, -0.1) is 0 Å². The van der Waals surface area contributed by atoms with E-state index in [4.69, 9.17) is 4.74 Å². The van der Waals surface area contributed by atoms with Crippen molar-refractivity contribution in [3.8, 4) is 11.1 Å². The van der Waals surface area contributed by atoms with E-state index >= 15 is 0 Å². The molecule has 31 heavy (non-hydrogen) atoms. The molecule has 1 aromatic carbocycles. The SMILES string of the molecule is CCC1C(C)CC2(O)C(=O)OC(C)C2C1/C=C/c1ccc(-c2cccc(CO)c2)cn1. The molecular weight excluding hydrogens is 390 g/mol. The number of aliphatic hydroxyl groups is 2. The molecule has 0 amide bonds. The summed E-state index contributed by atoms with van der Waals surface area (Å²) in [5, 5.41) is 20.5. The average Bonchev–Trinajstić information content (AvgIpc) is 2.99. The number of hydrogen-bond donors (Lipinski definition) is 2. The molecule has 6 unspecified atom stereocenters. The summed E-state index contributed by atoms with van der Waals surface area (Å²) in [5.41, 5.74) is 2.31. The van der Waals surface area contributed by atoms with Gasteiger partial charge < -0.3 is 14.9 Å². The highest BCUT2D eigenvalue weighted by molar-refractivity contribution is 5.82. The molecule has 4 rings (SSSR count). The number of allylic oxidation sites excluding steroid dienone is 1. The molecule has 0 bridgehead atoms. The Balaban J connectivity index is 1.59. The van der Waals surface area contributed by atoms with Crippen LogP contribution in [0.1, 0.15) is 44.9 Å². The van der Waals surface area contributed by atoms with Crippen LogP contribution in [0.3, 0.4) is 0 Å². The minimum absolute atomic E-state index is 0.0126. The van der Waals surface area contributed by atoms with Crippen molar-refractivity contribution in [2.24, 2.45) is 23.7 Å². The summed E-state index contributed by atoms with van der Waals surface area (Å²) < 4.78 is 5.46. The van der Waals surface area contributed by atoms with E-state index in [-0.39, 0.29) is 30.5 Å². The third-order valence-corrected chi connectivity index (χ3v) is 7.17. The van der Waals surface area contributed by atoms with Crippen molar-refractivity contribution in [3.05, 3.63) is 59.9 Å². The van der Waals surface area contributed by atoms with Gasteiger partial charge in [-0.25, -0.2) is 4.79 Å². The van der Waals surface area contributed by atoms with Gasteiger partial charge in [-0.2, -0.15) is 0 Å². The molecule has 1 aromatic heterocycles. The monoisotopic (exact) mass is 421 g/mol. The third-order valence-electron chi connectivity index (χ3n) is 7.17. The van der Waals surface area contributed by atoms with Crippen LogP contribution in [-0.2, 0) is 16.1 Å². The number of esters is 1. The Kier molecular flexibility index (Phi) is 6.00. The maximum Gasteiger partial charge on any atom is 0.338 e. The normalized spacial score (nSPS) is 32.8. The first-order valence-electron chi connectivity index (χ1n) is 11.1. The van der Waals surface area contributed by atoms with Gasteiger partial charge in [0.25, 0.3) is 0 Å². The zero-order chi connectivity index (χ0) is 22.2. The van der Waals surface area contributed by atoms with Gasteiger partial charge in [-0.05, 0) is 60.4 Å². The maximum atomic E-state index is 12.4. The molecule has 6 atom stereocenters. The van der Waals surface area contributed by atoms with Crippen LogP contribution in [0, 0.1) is 23.7 Å². The second-order valence-electron chi connectivity index (χ2n) is 9.08. The number of carbonyl (C=O) groups excluding carboxylic acids is 1. The number of rotatable bonds is 5. The Morgan fingerprint density at radius 3 is 2.71 bits per heavy atom. The molecule has 1 saturated heterocycles. The van der Waals surface area contributed by atoms with Crippen LogP contribution in [-0.4, -0.2) is 32.9 Å². The Morgan fingerprint density at radius 1 is 1.23 bits per heavy atom. The van der Waals surface area contributed by atoms with E-state index in [9.17, 15) is 15.0 Å². The fraction of sp³-hybridized carbons (Fsp3) is 0.462. The summed E-state index contributed by atoms with van der Waals surface area (Å²) in [6.07, 6.45) is 7.09. The van der Waals surface area contributed by atoms with E-state index in [1.807, 2.05) is 55.6 Å². The summed E-state index contributed by atoms with van der Waals surface area (Å²) in [7, 11) is 0. The van der Waals surface area contributed by atoms with Gasteiger partial charge in [0.2, 0.25) is 0 Å². The molecule has 2 fully saturated rings. The van der Waals surface area contributed by atoms with Crippen molar-refractivity contribution in [1.29, 1.82) is 0 Å². The van der Waals surface area contributed by atoms with Crippen LogP contribution >= 0.6 is 0 Å². The zero-order valence-electron chi connectivity index (χ0n) is 18.4. The lowest BCUT2D eigenvalue weighted by molar-refractivity contribution is -0.160. The second-order valence-corrected chi connectivity index (χ2v) is 9.08. The van der Waals surface area contributed by atoms with Crippen LogP contribution < -0.4 is 0 Å². The first kappa shape index (κ1) is 21.7. The highest BCUT2D eigenvalue weighted by Crippen LogP contribution is 2.52. The van der Waals surface area contributed by atoms with Gasteiger partial charge in [0.1, 0.15) is 6.10 Å². The highest BCUT2D eigenvalue weighted by Gasteiger charge is 2.62. The van der Waals surface area contributed by atoms with Crippen molar-refractivity contribution >= 4 is 12.0 Å². The summed E-state index contributed by atoms with van der Waals surface area (Å²) >= 11 is 0. The summed E-state index contributed by atoms with van der Waals surface area (Å²) in [4.78, 5) is 17.0. The number of aliphatic hydroxyl groups excluding tert-OH is 1. The number of fused-ring (bicyclic) bond motifs is 1. The van der Waals surface area contributed by atoms with Crippen LogP contribution in [0.4, 0.5) is 0 Å². The molecule has 5 heteroatoms. The van der Waals surface area contributed by atoms with Crippen molar-refractivity contribution in [3.63, 3.8) is 0 Å². The van der Waals surface area contributed by atoms with E-state index in [1.54, 1.807) is 0 Å². The van der Waals surface area contributed by atoms with Gasteiger partial charge in [0.05, 0.1) is 12.3 Å². The van der Waals surface area contributed by atoms with E-state index in [0.29, 0.717) is 12.3 Å². The number of cyclic esters (lactones) is 1. The van der Waals surface area contributed by atoms with Crippen molar-refractivity contribution in [1.82, 2.24) is 4.98 Å². The lowest BCUT2D eigenvalue weighted by Crippen LogP contribution is -2.53. The highest BCUT2D eigenvalue weighted by atomic mass is 16.6. The zero-order valence-corrected chi connectivity index (χ0v) is 18.4. The lowest BCUT2D eigenvalue weighted by Gasteiger charge is -2.45. The van der Waals surface area contributed by atoms with Crippen molar-refractivity contribution in [2.45, 2.75) is 51.9 Å². The van der Waals surface area contributed by atoms with Crippen LogP contribution in [0.25, 0.3) is 17.2 Å². The van der Waals surface area contributed by atoms with E-state index in [1.165, 1.54) is 0 Å². The lowest BCUT2D eigenvalue weighted by atomic mass is 9.59. The molecule has 2 heterocycles. The third kappa shape index (κ3) is 3.92. The second kappa shape index (κ2) is 8.56. The van der Waals surface area contributed by atoms with Crippen molar-refractivity contribution < 1.29 is 19.7 Å². The Hall–Kier alpha value is -2.50. The smallest absolute Gasteiger partial charge is 0.338 e. The number of ether oxygens (including phenoxy) is 1. The topological polar surface area (TPSA) is 79.7 Å². The van der Waals surface area contributed by atoms with E-state index in [0.717, 1.165) is 28.8 Å². The number of aromatic nitrogens is 1. The predicted molar refractivity (Wildman–Crippen MR) is 120 cm³/mol. The molecule has 1 saturated carbocycles. The number of nitrogens with zero attached hydrogens (tertiary/aromatic N) is 1. The molecule has 2 aromatic rings. The molecule has 1 aliphatic carbocycles. The van der Waals surface area contributed by atoms with Crippen LogP contribution in [0.15, 0.2) is 48.7 Å². The molecule has 1 aliphatic heterocycles. The van der Waals surface area contributed by atoms with Gasteiger partial charge >= 0.3 is 5.97 Å². The molecule has 164 valence electrons. The minimum atomic E-state index is -1.39.